The number of amidine groups is 2. The van der Waals surface area contributed by atoms with E-state index in [1.165, 1.54) is 4.57 Å². The molecule has 0 aliphatic carbocycles. The summed E-state index contributed by atoms with van der Waals surface area (Å²) < 4.78 is 7.47. The Kier molecular flexibility index (Phi) is 6.10. The van der Waals surface area contributed by atoms with Crippen LogP contribution in [0.3, 0.4) is 0 Å². The van der Waals surface area contributed by atoms with Gasteiger partial charge in [0.2, 0.25) is 0 Å². The maximum absolute atomic E-state index is 13.1. The molecule has 0 unspecified atom stereocenters. The number of carbonyl (C=O) groups is 1. The predicted molar refractivity (Wildman–Crippen MR) is 147 cm³/mol. The van der Waals surface area contributed by atoms with E-state index in [1.807, 2.05) is 30.3 Å². The van der Waals surface area contributed by atoms with Crippen molar-refractivity contribution in [2.75, 3.05) is 0 Å². The summed E-state index contributed by atoms with van der Waals surface area (Å²) in [6.45, 7) is 0.179. The second kappa shape index (κ2) is 9.55. The minimum Gasteiger partial charge on any atom is -0.478 e. The fourth-order valence-corrected chi connectivity index (χ4v) is 4.37. The number of carboxylic acid groups (broad SMARTS) is 1. The Hall–Kier alpha value is -5.44. The molecule has 4 aromatic carbocycles. The molecule has 1 aromatic heterocycles. The molecule has 0 aliphatic rings. The van der Waals surface area contributed by atoms with Gasteiger partial charge in [0, 0.05) is 28.6 Å². The molecule has 0 bridgehead atoms. The van der Waals surface area contributed by atoms with Gasteiger partial charge in [-0.1, -0.05) is 36.4 Å². The zero-order valence-corrected chi connectivity index (χ0v) is 20.1. The van der Waals surface area contributed by atoms with Crippen LogP contribution in [0.15, 0.2) is 89.7 Å². The van der Waals surface area contributed by atoms with Gasteiger partial charge in [0.05, 0.1) is 17.6 Å². The lowest BCUT2D eigenvalue weighted by molar-refractivity contribution is 0.0698. The quantitative estimate of drug-likeness (QED) is 0.163. The molecule has 0 fully saturated rings. The predicted octanol–water partition coefficient (Wildman–Crippen LogP) is 4.26. The fourth-order valence-electron chi connectivity index (χ4n) is 4.37. The largest absolute Gasteiger partial charge is 0.478 e. The Morgan fingerprint density at radius 3 is 2.26 bits per heavy atom. The molecule has 0 radical (unpaired) electrons. The molecular formula is C29H23N5O4. The van der Waals surface area contributed by atoms with Crippen molar-refractivity contribution in [3.63, 3.8) is 0 Å². The SMILES string of the molecule is N=C(N)c1cccc(Oc2ccc3c(C(=O)O)cc(=O)n(Cc4ccc5ccc(C(=N)N)cc5c4)c3c2)c1. The molecule has 9 heteroatoms. The number of fused-ring (bicyclic) bond motifs is 2. The monoisotopic (exact) mass is 505 g/mol. The van der Waals surface area contributed by atoms with Crippen LogP contribution in [0, 0.1) is 10.8 Å². The number of carboxylic acids is 1. The van der Waals surface area contributed by atoms with Crippen LogP contribution >= 0.6 is 0 Å². The van der Waals surface area contributed by atoms with Crippen molar-refractivity contribution in [3.8, 4) is 11.5 Å². The zero-order valence-electron chi connectivity index (χ0n) is 20.1. The summed E-state index contributed by atoms with van der Waals surface area (Å²) in [4.78, 5) is 25.0. The van der Waals surface area contributed by atoms with Gasteiger partial charge in [-0.05, 0) is 52.7 Å². The fraction of sp³-hybridized carbons (Fsp3) is 0.0345. The highest BCUT2D eigenvalue weighted by Gasteiger charge is 2.16. The molecule has 1 heterocycles. The molecular weight excluding hydrogens is 482 g/mol. The highest BCUT2D eigenvalue weighted by Crippen LogP contribution is 2.28. The first kappa shape index (κ1) is 24.3. The zero-order chi connectivity index (χ0) is 27.0. The number of nitrogens with zero attached hydrogens (tertiary/aromatic N) is 1. The van der Waals surface area contributed by atoms with Gasteiger partial charge < -0.3 is 25.9 Å². The minimum atomic E-state index is -1.20. The number of hydrogen-bond acceptors (Lipinski definition) is 5. The van der Waals surface area contributed by atoms with Gasteiger partial charge in [-0.2, -0.15) is 0 Å². The van der Waals surface area contributed by atoms with Crippen LogP contribution in [0.4, 0.5) is 0 Å². The third kappa shape index (κ3) is 4.68. The van der Waals surface area contributed by atoms with Crippen LogP contribution in [0.5, 0.6) is 11.5 Å². The summed E-state index contributed by atoms with van der Waals surface area (Å²) in [6, 6.07) is 23.9. The maximum atomic E-state index is 13.1. The number of aromatic nitrogens is 1. The number of nitrogens with one attached hydrogen (secondary N) is 2. The normalized spacial score (nSPS) is 10.9. The van der Waals surface area contributed by atoms with Crippen molar-refractivity contribution in [2.24, 2.45) is 11.5 Å². The summed E-state index contributed by atoms with van der Waals surface area (Å²) in [7, 11) is 0. The van der Waals surface area contributed by atoms with Crippen molar-refractivity contribution in [1.29, 1.82) is 10.8 Å². The summed E-state index contributed by atoms with van der Waals surface area (Å²) in [6.07, 6.45) is 0. The molecule has 0 saturated heterocycles. The van der Waals surface area contributed by atoms with E-state index in [4.69, 9.17) is 27.0 Å². The molecule has 188 valence electrons. The molecule has 7 N–H and O–H groups in total. The molecule has 0 aliphatic heterocycles. The van der Waals surface area contributed by atoms with Crippen LogP contribution in [0.1, 0.15) is 27.0 Å². The summed E-state index contributed by atoms with van der Waals surface area (Å²) in [5.41, 5.74) is 13.0. The van der Waals surface area contributed by atoms with Crippen molar-refractivity contribution in [3.05, 3.63) is 118 Å². The van der Waals surface area contributed by atoms with E-state index in [9.17, 15) is 14.7 Å². The average Bonchev–Trinajstić information content (AvgIpc) is 2.89. The third-order valence-corrected chi connectivity index (χ3v) is 6.25. The Bertz CT molecular complexity index is 1840. The van der Waals surface area contributed by atoms with Crippen molar-refractivity contribution in [2.45, 2.75) is 6.54 Å². The van der Waals surface area contributed by atoms with Crippen LogP contribution in [-0.4, -0.2) is 27.3 Å². The summed E-state index contributed by atoms with van der Waals surface area (Å²) in [5.74, 6) is -0.510. The second-order valence-electron chi connectivity index (χ2n) is 8.82. The van der Waals surface area contributed by atoms with Gasteiger partial charge in [-0.25, -0.2) is 4.79 Å². The first-order chi connectivity index (χ1) is 18.2. The lowest BCUT2D eigenvalue weighted by Crippen LogP contribution is -2.22. The van der Waals surface area contributed by atoms with Crippen molar-refractivity contribution >= 4 is 39.3 Å². The Morgan fingerprint density at radius 1 is 0.816 bits per heavy atom. The lowest BCUT2D eigenvalue weighted by atomic mass is 10.0. The number of nitrogen functional groups attached to an aromatic ring is 2. The van der Waals surface area contributed by atoms with E-state index in [0.29, 0.717) is 33.5 Å². The topological polar surface area (TPSA) is 168 Å². The summed E-state index contributed by atoms with van der Waals surface area (Å²) >= 11 is 0. The van der Waals surface area contributed by atoms with E-state index in [-0.39, 0.29) is 23.8 Å². The number of benzene rings is 4. The molecule has 5 aromatic rings. The highest BCUT2D eigenvalue weighted by molar-refractivity contribution is 6.03. The molecule has 0 amide bonds. The smallest absolute Gasteiger partial charge is 0.336 e. The van der Waals surface area contributed by atoms with E-state index in [1.54, 1.807) is 48.5 Å². The number of rotatable bonds is 7. The van der Waals surface area contributed by atoms with Gasteiger partial charge in [-0.15, -0.1) is 0 Å². The first-order valence-corrected chi connectivity index (χ1v) is 11.6. The molecule has 0 atom stereocenters. The van der Waals surface area contributed by atoms with Crippen LogP contribution in [-0.2, 0) is 6.54 Å². The first-order valence-electron chi connectivity index (χ1n) is 11.6. The Labute approximate surface area is 216 Å². The number of hydrogen-bond donors (Lipinski definition) is 5. The maximum Gasteiger partial charge on any atom is 0.336 e. The van der Waals surface area contributed by atoms with E-state index >= 15 is 0 Å². The van der Waals surface area contributed by atoms with E-state index in [0.717, 1.165) is 22.4 Å². The van der Waals surface area contributed by atoms with Crippen LogP contribution in [0.2, 0.25) is 0 Å². The van der Waals surface area contributed by atoms with Gasteiger partial charge in [0.1, 0.15) is 23.2 Å². The molecule has 38 heavy (non-hydrogen) atoms. The lowest BCUT2D eigenvalue weighted by Gasteiger charge is -2.15. The van der Waals surface area contributed by atoms with Gasteiger partial charge >= 0.3 is 5.97 Å². The summed E-state index contributed by atoms with van der Waals surface area (Å²) in [5, 5.41) is 27.3. The van der Waals surface area contributed by atoms with Gasteiger partial charge in [0.25, 0.3) is 5.56 Å². The number of nitrogens with two attached hydrogens (primary N) is 2. The van der Waals surface area contributed by atoms with E-state index < -0.39 is 11.5 Å². The number of aromatic carboxylic acids is 1. The van der Waals surface area contributed by atoms with Crippen molar-refractivity contribution < 1.29 is 14.6 Å². The van der Waals surface area contributed by atoms with Crippen LogP contribution in [0.25, 0.3) is 21.7 Å². The molecule has 0 saturated carbocycles. The second-order valence-corrected chi connectivity index (χ2v) is 8.82. The Balaban J connectivity index is 1.61. The Morgan fingerprint density at radius 2 is 1.53 bits per heavy atom. The minimum absolute atomic E-state index is 0.0369. The third-order valence-electron chi connectivity index (χ3n) is 6.25. The standard InChI is InChI=1S/C29H23N5O4/c30-27(31)18-2-1-3-21(12-18)38-22-8-9-23-24(29(36)37)14-26(35)34(25(23)13-22)15-16-4-5-17-6-7-19(28(32)33)11-20(17)10-16/h1-14H,15H2,(H3,30,31)(H3,32,33)(H,36,37). The van der Waals surface area contributed by atoms with Gasteiger partial charge in [-0.3, -0.25) is 15.6 Å². The van der Waals surface area contributed by atoms with Crippen molar-refractivity contribution in [1.82, 2.24) is 4.57 Å². The van der Waals surface area contributed by atoms with Crippen LogP contribution < -0.4 is 21.8 Å². The number of pyridine rings is 1. The number of ether oxygens (including phenoxy) is 1. The molecule has 0 spiro atoms. The highest BCUT2D eigenvalue weighted by atomic mass is 16.5. The molecule has 5 rings (SSSR count). The van der Waals surface area contributed by atoms with E-state index in [2.05, 4.69) is 0 Å². The average molecular weight is 506 g/mol. The molecule has 9 nitrogen and oxygen atoms in total. The van der Waals surface area contributed by atoms with Gasteiger partial charge in [0.15, 0.2) is 0 Å².